The van der Waals surface area contributed by atoms with Crippen molar-refractivity contribution in [3.8, 4) is 11.5 Å². The fourth-order valence-corrected chi connectivity index (χ4v) is 2.99. The number of oxime groups is 2. The van der Waals surface area contributed by atoms with Gasteiger partial charge in [0, 0.05) is 16.7 Å². The number of fused-ring (bicyclic) bond motifs is 2. The molecule has 4 rings (SSSR count). The normalized spacial score (nSPS) is 19.0. The predicted molar refractivity (Wildman–Crippen MR) is 100.0 cm³/mol. The zero-order valence-electron chi connectivity index (χ0n) is 14.2. The number of hydrogen-bond acceptors (Lipinski definition) is 6. The lowest BCUT2D eigenvalue weighted by molar-refractivity contribution is 0.00373. The van der Waals surface area contributed by atoms with E-state index in [9.17, 15) is 10.4 Å². The Balaban J connectivity index is 1.96. The van der Waals surface area contributed by atoms with Crippen LogP contribution in [0.5, 0.6) is 11.5 Å². The largest absolute Gasteiger partial charge is 0.450 e. The van der Waals surface area contributed by atoms with E-state index < -0.39 is 6.29 Å². The van der Waals surface area contributed by atoms with Crippen LogP contribution in [-0.4, -0.2) is 21.8 Å². The first kappa shape index (κ1) is 16.7. The highest BCUT2D eigenvalue weighted by Gasteiger charge is 2.28. The molecule has 6 heteroatoms. The van der Waals surface area contributed by atoms with E-state index >= 15 is 0 Å². The third kappa shape index (κ3) is 3.08. The summed E-state index contributed by atoms with van der Waals surface area (Å²) in [4.78, 5) is 0. The van der Waals surface area contributed by atoms with Crippen LogP contribution in [0.25, 0.3) is 0 Å². The van der Waals surface area contributed by atoms with Crippen molar-refractivity contribution in [2.75, 3.05) is 0 Å². The van der Waals surface area contributed by atoms with Gasteiger partial charge >= 0.3 is 0 Å². The molecule has 0 atom stereocenters. The Labute approximate surface area is 155 Å². The minimum atomic E-state index is -0.744. The van der Waals surface area contributed by atoms with Crippen LogP contribution < -0.4 is 9.47 Å². The van der Waals surface area contributed by atoms with E-state index in [-0.39, 0.29) is 11.4 Å². The number of nitrogens with zero attached hydrogens (tertiary/aromatic N) is 2. The zero-order chi connectivity index (χ0) is 18.6. The molecule has 0 spiro atoms. The smallest absolute Gasteiger partial charge is 0.267 e. The van der Waals surface area contributed by atoms with Gasteiger partial charge in [-0.15, -0.1) is 0 Å². The Morgan fingerprint density at radius 1 is 0.593 bits per heavy atom. The molecular weight excluding hydrogens is 344 g/mol. The third-order valence-corrected chi connectivity index (χ3v) is 4.25. The Morgan fingerprint density at radius 3 is 1.52 bits per heavy atom. The molecule has 27 heavy (non-hydrogen) atoms. The zero-order valence-corrected chi connectivity index (χ0v) is 14.2. The van der Waals surface area contributed by atoms with Crippen molar-refractivity contribution in [1.29, 1.82) is 0 Å². The van der Waals surface area contributed by atoms with E-state index in [1.54, 1.807) is 48.5 Å². The standard InChI is InChI=1S/C21H16N2O4/c24-22-19-15-10-4-6-12-17(15)26-21(14-8-2-1-3-9-14)27-18-13-7-5-11-16(18)20(19)23-25/h1-13,21,24-25H. The fraction of sp³-hybridized carbons (Fsp3) is 0.0476. The Kier molecular flexibility index (Phi) is 4.45. The van der Waals surface area contributed by atoms with Crippen molar-refractivity contribution in [2.24, 2.45) is 10.3 Å². The van der Waals surface area contributed by atoms with Crippen molar-refractivity contribution in [3.63, 3.8) is 0 Å². The summed E-state index contributed by atoms with van der Waals surface area (Å²) >= 11 is 0. The summed E-state index contributed by atoms with van der Waals surface area (Å²) in [7, 11) is 0. The van der Waals surface area contributed by atoms with Crippen LogP contribution in [0.3, 0.4) is 0 Å². The molecule has 0 aliphatic carbocycles. The van der Waals surface area contributed by atoms with Gasteiger partial charge in [0.15, 0.2) is 0 Å². The summed E-state index contributed by atoms with van der Waals surface area (Å²) in [5.74, 6) is 0.876. The van der Waals surface area contributed by atoms with Crippen LogP contribution in [-0.2, 0) is 0 Å². The molecule has 0 aromatic heterocycles. The van der Waals surface area contributed by atoms with Crippen LogP contribution in [0.15, 0.2) is 89.2 Å². The summed E-state index contributed by atoms with van der Waals surface area (Å²) in [6.07, 6.45) is -0.744. The minimum Gasteiger partial charge on any atom is -0.450 e. The van der Waals surface area contributed by atoms with E-state index in [1.165, 1.54) is 0 Å². The first-order chi connectivity index (χ1) is 13.3. The quantitative estimate of drug-likeness (QED) is 0.503. The molecule has 1 heterocycles. The van der Waals surface area contributed by atoms with E-state index in [1.807, 2.05) is 30.3 Å². The molecule has 0 saturated heterocycles. The number of benzene rings is 3. The van der Waals surface area contributed by atoms with Gasteiger partial charge in [-0.3, -0.25) is 0 Å². The molecule has 0 fully saturated rings. The summed E-state index contributed by atoms with van der Waals surface area (Å²) in [6.45, 7) is 0. The lowest BCUT2D eigenvalue weighted by atomic mass is 9.98. The molecule has 0 saturated carbocycles. The molecule has 0 bridgehead atoms. The van der Waals surface area contributed by atoms with Crippen LogP contribution in [0.2, 0.25) is 0 Å². The van der Waals surface area contributed by atoms with Gasteiger partial charge in [0.2, 0.25) is 0 Å². The summed E-state index contributed by atoms with van der Waals surface area (Å²) in [6, 6.07) is 23.6. The minimum absolute atomic E-state index is 0.0814. The van der Waals surface area contributed by atoms with Crippen LogP contribution >= 0.6 is 0 Å². The molecule has 1 aliphatic rings. The maximum atomic E-state index is 9.66. The Hall–Kier alpha value is -3.80. The van der Waals surface area contributed by atoms with E-state index in [0.717, 1.165) is 5.56 Å². The third-order valence-electron chi connectivity index (χ3n) is 4.25. The molecular formula is C21H16N2O4. The lowest BCUT2D eigenvalue weighted by Crippen LogP contribution is -2.18. The van der Waals surface area contributed by atoms with E-state index in [0.29, 0.717) is 22.6 Å². The molecule has 6 nitrogen and oxygen atoms in total. The molecule has 134 valence electrons. The Morgan fingerprint density at radius 2 is 1.04 bits per heavy atom. The average molecular weight is 360 g/mol. The SMILES string of the molecule is ON=C1C(=NO)c2ccccc2OC(c2ccccc2)Oc2ccccc21. The van der Waals surface area contributed by atoms with Gasteiger partial charge in [-0.25, -0.2) is 0 Å². The monoisotopic (exact) mass is 360 g/mol. The second-order valence-corrected chi connectivity index (χ2v) is 5.87. The van der Waals surface area contributed by atoms with Gasteiger partial charge < -0.3 is 19.9 Å². The maximum Gasteiger partial charge on any atom is 0.267 e. The van der Waals surface area contributed by atoms with Crippen LogP contribution in [0, 0.1) is 0 Å². The molecule has 3 aromatic carbocycles. The number of ether oxygens (including phenoxy) is 2. The van der Waals surface area contributed by atoms with Gasteiger partial charge in [-0.2, -0.15) is 0 Å². The molecule has 0 amide bonds. The van der Waals surface area contributed by atoms with Gasteiger partial charge in [-0.1, -0.05) is 64.9 Å². The van der Waals surface area contributed by atoms with Crippen molar-refractivity contribution in [1.82, 2.24) is 0 Å². The van der Waals surface area contributed by atoms with Crippen molar-refractivity contribution in [2.45, 2.75) is 6.29 Å². The molecule has 0 unspecified atom stereocenters. The number of hydrogen-bond donors (Lipinski definition) is 2. The summed E-state index contributed by atoms with van der Waals surface area (Å²) < 4.78 is 12.3. The summed E-state index contributed by atoms with van der Waals surface area (Å²) in [5, 5.41) is 26.1. The first-order valence-electron chi connectivity index (χ1n) is 8.33. The highest BCUT2D eigenvalue weighted by molar-refractivity contribution is 6.54. The van der Waals surface area contributed by atoms with Crippen LogP contribution in [0.4, 0.5) is 0 Å². The first-order valence-corrected chi connectivity index (χ1v) is 8.33. The summed E-state index contributed by atoms with van der Waals surface area (Å²) in [5.41, 5.74) is 1.94. The topological polar surface area (TPSA) is 83.6 Å². The van der Waals surface area contributed by atoms with Crippen molar-refractivity contribution < 1.29 is 19.9 Å². The number of para-hydroxylation sites is 2. The van der Waals surface area contributed by atoms with Gasteiger partial charge in [0.1, 0.15) is 22.9 Å². The fourth-order valence-electron chi connectivity index (χ4n) is 2.99. The second kappa shape index (κ2) is 7.21. The highest BCUT2D eigenvalue weighted by atomic mass is 16.7. The van der Waals surface area contributed by atoms with E-state index in [2.05, 4.69) is 10.3 Å². The lowest BCUT2D eigenvalue weighted by Gasteiger charge is -2.21. The average Bonchev–Trinajstić information content (AvgIpc) is 2.78. The van der Waals surface area contributed by atoms with Crippen molar-refractivity contribution in [3.05, 3.63) is 95.6 Å². The maximum absolute atomic E-state index is 9.66. The van der Waals surface area contributed by atoms with Gasteiger partial charge in [-0.05, 0) is 24.3 Å². The molecule has 3 aromatic rings. The van der Waals surface area contributed by atoms with Gasteiger partial charge in [0.05, 0.1) is 0 Å². The van der Waals surface area contributed by atoms with Gasteiger partial charge in [0.25, 0.3) is 6.29 Å². The second-order valence-electron chi connectivity index (χ2n) is 5.87. The van der Waals surface area contributed by atoms with Crippen LogP contribution in [0.1, 0.15) is 23.0 Å². The van der Waals surface area contributed by atoms with E-state index in [4.69, 9.17) is 9.47 Å². The van der Waals surface area contributed by atoms with Crippen molar-refractivity contribution >= 4 is 11.4 Å². The number of rotatable bonds is 1. The highest BCUT2D eigenvalue weighted by Crippen LogP contribution is 2.33. The molecule has 1 aliphatic heterocycles. The molecule has 2 N–H and O–H groups in total. The predicted octanol–water partition coefficient (Wildman–Crippen LogP) is 4.21. The Bertz CT molecular complexity index is 952. The molecule has 0 radical (unpaired) electrons.